The number of hydrogen-bond acceptors (Lipinski definition) is 7. The molecular weight excluding hydrogens is 450 g/mol. The number of carbonyl (C=O) groups is 2. The molecule has 0 saturated heterocycles. The van der Waals surface area contributed by atoms with Crippen LogP contribution in [0.4, 0.5) is 32.7 Å². The van der Waals surface area contributed by atoms with Crippen molar-refractivity contribution in [2.75, 3.05) is 22.1 Å². The molecule has 0 aliphatic carbocycles. The number of amides is 2. The fourth-order valence-corrected chi connectivity index (χ4v) is 3.96. The van der Waals surface area contributed by atoms with Crippen molar-refractivity contribution in [3.63, 3.8) is 0 Å². The first-order chi connectivity index (χ1) is 16.5. The number of urea groups is 1. The van der Waals surface area contributed by atoms with Crippen LogP contribution in [-0.4, -0.2) is 28.6 Å². The summed E-state index contributed by atoms with van der Waals surface area (Å²) in [6, 6.07) is 15.6. The van der Waals surface area contributed by atoms with Gasteiger partial charge < -0.3 is 15.4 Å². The van der Waals surface area contributed by atoms with Crippen LogP contribution in [-0.2, 0) is 4.74 Å². The van der Waals surface area contributed by atoms with E-state index in [4.69, 9.17) is 4.74 Å². The zero-order valence-electron chi connectivity index (χ0n) is 18.7. The topological polar surface area (TPSA) is 96.4 Å². The van der Waals surface area contributed by atoms with Gasteiger partial charge in [0, 0.05) is 29.1 Å². The van der Waals surface area contributed by atoms with Gasteiger partial charge in [-0.1, -0.05) is 6.07 Å². The Morgan fingerprint density at radius 2 is 1.79 bits per heavy atom. The standard InChI is InChI=1S/C25H23N5O3S/c1-3-33-23(31)18-7-10-19(11-8-18)28-24(32)29-20-9-6-17(2)22(15-20)30(25-27-13-14-34-25)21-5-4-12-26-16-21/h4-16H,3H2,1-2H3,(H2,28,29,32). The van der Waals surface area contributed by atoms with Crippen molar-refractivity contribution in [2.24, 2.45) is 0 Å². The number of benzene rings is 2. The number of anilines is 5. The number of carbonyl (C=O) groups excluding carboxylic acids is 2. The number of ether oxygens (including phenoxy) is 1. The number of nitrogens with one attached hydrogen (secondary N) is 2. The number of esters is 1. The lowest BCUT2D eigenvalue weighted by molar-refractivity contribution is 0.0526. The third kappa shape index (κ3) is 5.38. The van der Waals surface area contributed by atoms with E-state index in [-0.39, 0.29) is 0 Å². The highest BCUT2D eigenvalue weighted by molar-refractivity contribution is 7.13. The van der Waals surface area contributed by atoms with Crippen LogP contribution >= 0.6 is 11.3 Å². The van der Waals surface area contributed by atoms with Gasteiger partial charge in [0.1, 0.15) is 0 Å². The first-order valence-corrected chi connectivity index (χ1v) is 11.5. The van der Waals surface area contributed by atoms with Crippen LogP contribution in [0.5, 0.6) is 0 Å². The normalized spacial score (nSPS) is 10.4. The molecule has 0 fully saturated rings. The molecule has 0 unspecified atom stereocenters. The Kier molecular flexibility index (Phi) is 7.14. The predicted molar refractivity (Wildman–Crippen MR) is 134 cm³/mol. The molecule has 0 aliphatic heterocycles. The Morgan fingerprint density at radius 3 is 2.47 bits per heavy atom. The SMILES string of the molecule is CCOC(=O)c1ccc(NC(=O)Nc2ccc(C)c(N(c3cccnc3)c3nccs3)c2)cc1. The van der Waals surface area contributed by atoms with Crippen LogP contribution < -0.4 is 15.5 Å². The molecule has 0 aliphatic rings. The van der Waals surface area contributed by atoms with Crippen LogP contribution in [0.15, 0.2) is 78.6 Å². The molecule has 0 spiro atoms. The van der Waals surface area contributed by atoms with E-state index in [1.165, 1.54) is 11.3 Å². The summed E-state index contributed by atoms with van der Waals surface area (Å²) in [5.41, 5.74) is 4.35. The molecule has 34 heavy (non-hydrogen) atoms. The summed E-state index contributed by atoms with van der Waals surface area (Å²) in [6.07, 6.45) is 5.24. The van der Waals surface area contributed by atoms with Crippen LogP contribution in [0.2, 0.25) is 0 Å². The van der Waals surface area contributed by atoms with Crippen LogP contribution in [0.3, 0.4) is 0 Å². The number of thiazole rings is 1. The number of aromatic nitrogens is 2. The van der Waals surface area contributed by atoms with Crippen LogP contribution in [0.1, 0.15) is 22.8 Å². The van der Waals surface area contributed by atoms with Crippen molar-refractivity contribution < 1.29 is 14.3 Å². The maximum Gasteiger partial charge on any atom is 0.338 e. The third-order valence-electron chi connectivity index (χ3n) is 4.88. The zero-order chi connectivity index (χ0) is 23.9. The van der Waals surface area contributed by atoms with Gasteiger partial charge in [-0.25, -0.2) is 14.6 Å². The average molecular weight is 474 g/mol. The highest BCUT2D eigenvalue weighted by Crippen LogP contribution is 2.38. The van der Waals surface area contributed by atoms with Gasteiger partial charge in [0.2, 0.25) is 0 Å². The number of rotatable bonds is 7. The summed E-state index contributed by atoms with van der Waals surface area (Å²) in [7, 11) is 0. The van der Waals surface area contributed by atoms with Gasteiger partial charge in [0.15, 0.2) is 5.13 Å². The summed E-state index contributed by atoms with van der Waals surface area (Å²) < 4.78 is 4.98. The van der Waals surface area contributed by atoms with Crippen LogP contribution in [0.25, 0.3) is 0 Å². The molecule has 0 atom stereocenters. The van der Waals surface area contributed by atoms with E-state index < -0.39 is 12.0 Å². The molecule has 9 heteroatoms. The fraction of sp³-hybridized carbons (Fsp3) is 0.120. The average Bonchev–Trinajstić information content (AvgIpc) is 3.37. The number of aryl methyl sites for hydroxylation is 1. The summed E-state index contributed by atoms with van der Waals surface area (Å²) in [4.78, 5) is 35.1. The summed E-state index contributed by atoms with van der Waals surface area (Å²) in [5.74, 6) is -0.399. The molecule has 2 amide bonds. The molecule has 2 heterocycles. The molecule has 2 N–H and O–H groups in total. The van der Waals surface area contributed by atoms with Crippen molar-refractivity contribution in [1.29, 1.82) is 0 Å². The molecule has 0 bridgehead atoms. The fourth-order valence-electron chi connectivity index (χ4n) is 3.29. The van der Waals surface area contributed by atoms with E-state index in [0.29, 0.717) is 23.5 Å². The van der Waals surface area contributed by atoms with E-state index in [1.807, 2.05) is 47.5 Å². The minimum Gasteiger partial charge on any atom is -0.462 e. The lowest BCUT2D eigenvalue weighted by Gasteiger charge is -2.24. The highest BCUT2D eigenvalue weighted by atomic mass is 32.1. The monoisotopic (exact) mass is 473 g/mol. The predicted octanol–water partition coefficient (Wildman–Crippen LogP) is 6.14. The summed E-state index contributed by atoms with van der Waals surface area (Å²) in [6.45, 7) is 4.06. The van der Waals surface area contributed by atoms with Crippen molar-refractivity contribution in [2.45, 2.75) is 13.8 Å². The second kappa shape index (κ2) is 10.6. The molecule has 2 aromatic carbocycles. The number of hydrogen-bond donors (Lipinski definition) is 2. The lowest BCUT2D eigenvalue weighted by atomic mass is 10.1. The van der Waals surface area contributed by atoms with Gasteiger partial charge in [0.05, 0.1) is 29.7 Å². The highest BCUT2D eigenvalue weighted by Gasteiger charge is 2.18. The Labute approximate surface area is 201 Å². The number of pyridine rings is 1. The molecule has 2 aromatic heterocycles. The van der Waals surface area contributed by atoms with Gasteiger partial charge >= 0.3 is 12.0 Å². The first-order valence-electron chi connectivity index (χ1n) is 10.6. The van der Waals surface area contributed by atoms with E-state index >= 15 is 0 Å². The third-order valence-corrected chi connectivity index (χ3v) is 5.63. The summed E-state index contributed by atoms with van der Waals surface area (Å²) in [5, 5.41) is 8.35. The second-order valence-corrected chi connectivity index (χ2v) is 8.11. The van der Waals surface area contributed by atoms with Gasteiger partial charge in [-0.05, 0) is 67.9 Å². The van der Waals surface area contributed by atoms with Gasteiger partial charge in [-0.15, -0.1) is 11.3 Å². The molecule has 8 nitrogen and oxygen atoms in total. The Balaban J connectivity index is 1.53. The molecular formula is C25H23N5O3S. The molecule has 4 rings (SSSR count). The smallest absolute Gasteiger partial charge is 0.338 e. The maximum absolute atomic E-state index is 12.6. The van der Waals surface area contributed by atoms with Crippen LogP contribution in [0, 0.1) is 6.92 Å². The van der Waals surface area contributed by atoms with Crippen molar-refractivity contribution in [3.05, 3.63) is 89.7 Å². The van der Waals surface area contributed by atoms with Gasteiger partial charge in [-0.3, -0.25) is 9.88 Å². The Bertz CT molecular complexity index is 1260. The minimum absolute atomic E-state index is 0.306. The summed E-state index contributed by atoms with van der Waals surface area (Å²) >= 11 is 1.51. The second-order valence-electron chi connectivity index (χ2n) is 7.24. The van der Waals surface area contributed by atoms with E-state index in [1.54, 1.807) is 49.8 Å². The minimum atomic E-state index is -0.402. The number of nitrogens with zero attached hydrogens (tertiary/aromatic N) is 3. The lowest BCUT2D eigenvalue weighted by Crippen LogP contribution is -2.20. The van der Waals surface area contributed by atoms with Crippen molar-refractivity contribution in [1.82, 2.24) is 9.97 Å². The Morgan fingerprint density at radius 1 is 1.03 bits per heavy atom. The molecule has 0 saturated carbocycles. The van der Waals surface area contributed by atoms with Crippen molar-refractivity contribution >= 4 is 51.2 Å². The zero-order valence-corrected chi connectivity index (χ0v) is 19.5. The maximum atomic E-state index is 12.6. The Hall–Kier alpha value is -4.24. The molecule has 0 radical (unpaired) electrons. The van der Waals surface area contributed by atoms with Gasteiger partial charge in [0.25, 0.3) is 0 Å². The van der Waals surface area contributed by atoms with Crippen molar-refractivity contribution in [3.8, 4) is 0 Å². The van der Waals surface area contributed by atoms with Gasteiger partial charge in [-0.2, -0.15) is 0 Å². The first kappa shape index (κ1) is 22.9. The van der Waals surface area contributed by atoms with E-state index in [2.05, 4.69) is 20.6 Å². The van der Waals surface area contributed by atoms with E-state index in [0.717, 1.165) is 22.1 Å². The molecule has 172 valence electrons. The molecule has 4 aromatic rings. The van der Waals surface area contributed by atoms with E-state index in [9.17, 15) is 9.59 Å². The quantitative estimate of drug-likeness (QED) is 0.313. The largest absolute Gasteiger partial charge is 0.462 e.